The van der Waals surface area contributed by atoms with Crippen LogP contribution in [0.2, 0.25) is 0 Å². The van der Waals surface area contributed by atoms with Crippen LogP contribution in [-0.2, 0) is 33.5 Å². The zero-order valence-electron chi connectivity index (χ0n) is 50.5. The lowest BCUT2D eigenvalue weighted by Gasteiger charge is -2.34. The van der Waals surface area contributed by atoms with E-state index in [1.807, 2.05) is 48.5 Å². The van der Waals surface area contributed by atoms with E-state index in [0.717, 1.165) is 70.9 Å². The summed E-state index contributed by atoms with van der Waals surface area (Å²) >= 11 is 0. The van der Waals surface area contributed by atoms with Crippen LogP contribution >= 0.6 is 0 Å². The molecule has 15 N–H and O–H groups in total. The van der Waals surface area contributed by atoms with Gasteiger partial charge in [0.2, 0.25) is 35.4 Å². The molecule has 25 nitrogen and oxygen atoms in total. The summed E-state index contributed by atoms with van der Waals surface area (Å²) in [5, 5.41) is 103. The fourth-order valence-corrected chi connectivity index (χ4v) is 11.2. The number of aliphatic hydroxyl groups is 7. The zero-order chi connectivity index (χ0) is 64.6. The third kappa shape index (κ3) is 17.9. The summed E-state index contributed by atoms with van der Waals surface area (Å²) in [7, 11) is 0. The van der Waals surface area contributed by atoms with E-state index in [1.165, 1.54) is 43.3 Å². The number of ether oxygens (including phenoxy) is 2. The minimum Gasteiger partial charge on any atom is -0.508 e. The molecular formula is C64H86N8O17. The van der Waals surface area contributed by atoms with Crippen LogP contribution in [0.4, 0.5) is 0 Å². The second kappa shape index (κ2) is 32.2. The molecule has 3 heterocycles. The van der Waals surface area contributed by atoms with Gasteiger partial charge in [-0.2, -0.15) is 0 Å². The molecule has 7 amide bonds. The Morgan fingerprint density at radius 2 is 1.17 bits per heavy atom. The van der Waals surface area contributed by atoms with Crippen molar-refractivity contribution in [2.75, 3.05) is 32.8 Å². The van der Waals surface area contributed by atoms with Crippen molar-refractivity contribution in [3.8, 4) is 33.8 Å². The summed E-state index contributed by atoms with van der Waals surface area (Å²) in [5.41, 5.74) is 9.17. The maximum atomic E-state index is 14.8. The highest BCUT2D eigenvalue weighted by Gasteiger charge is 2.50. The van der Waals surface area contributed by atoms with Crippen molar-refractivity contribution < 1.29 is 83.9 Å². The molecule has 0 bridgehead atoms. The van der Waals surface area contributed by atoms with Crippen molar-refractivity contribution in [1.82, 2.24) is 36.4 Å². The zero-order valence-corrected chi connectivity index (χ0v) is 50.5. The highest BCUT2D eigenvalue weighted by molar-refractivity contribution is 6.00. The smallest absolute Gasteiger partial charge is 0.251 e. The van der Waals surface area contributed by atoms with Crippen LogP contribution in [0.25, 0.3) is 22.3 Å². The van der Waals surface area contributed by atoms with Crippen LogP contribution in [0, 0.1) is 5.92 Å². The number of phenolic OH excluding ortho intramolecular Hbond substituents is 1. The number of benzene rings is 4. The first-order chi connectivity index (χ1) is 42.5. The summed E-state index contributed by atoms with van der Waals surface area (Å²) in [6.45, 7) is 5.98. The first-order valence-electron chi connectivity index (χ1n) is 30.5. The van der Waals surface area contributed by atoms with E-state index >= 15 is 0 Å². The normalized spacial score (nSPS) is 26.3. The number of carbonyl (C=O) groups is 7. The number of phenols is 1. The van der Waals surface area contributed by atoms with Crippen molar-refractivity contribution in [1.29, 1.82) is 0 Å². The largest absolute Gasteiger partial charge is 0.508 e. The van der Waals surface area contributed by atoms with E-state index in [4.69, 9.17) is 15.2 Å². The third-order valence-corrected chi connectivity index (χ3v) is 16.4. The van der Waals surface area contributed by atoms with Crippen LogP contribution in [0.1, 0.15) is 108 Å². The summed E-state index contributed by atoms with van der Waals surface area (Å²) in [6.07, 6.45) is -10.2. The monoisotopic (exact) mass is 1240 g/mol. The van der Waals surface area contributed by atoms with Crippen molar-refractivity contribution >= 4 is 41.4 Å². The summed E-state index contributed by atoms with van der Waals surface area (Å²) < 4.78 is 12.0. The van der Waals surface area contributed by atoms with Crippen molar-refractivity contribution in [2.24, 2.45) is 11.7 Å². The number of carbonyl (C=O) groups excluding carboxylic acids is 7. The first kappa shape index (κ1) is 68.9. The quantitative estimate of drug-likeness (QED) is 0.0508. The lowest BCUT2D eigenvalue weighted by atomic mass is 9.96. The number of unbranched alkanes of at least 4 members (excludes halogenated alkanes) is 5. The van der Waals surface area contributed by atoms with Gasteiger partial charge in [0.05, 0.1) is 31.0 Å². The molecule has 3 fully saturated rings. The van der Waals surface area contributed by atoms with Gasteiger partial charge in [-0.3, -0.25) is 33.6 Å². The van der Waals surface area contributed by atoms with Gasteiger partial charge in [0.1, 0.15) is 66.1 Å². The lowest BCUT2D eigenvalue weighted by molar-refractivity contribution is -0.149. The van der Waals surface area contributed by atoms with Gasteiger partial charge in [-0.1, -0.05) is 100 Å². The molecule has 0 radical (unpaired) electrons. The summed E-state index contributed by atoms with van der Waals surface area (Å²) in [6, 6.07) is 15.3. The number of amides is 7. The van der Waals surface area contributed by atoms with Crippen LogP contribution < -0.4 is 37.1 Å². The van der Waals surface area contributed by atoms with E-state index in [-0.39, 0.29) is 30.0 Å². The van der Waals surface area contributed by atoms with Crippen molar-refractivity contribution in [2.45, 2.75) is 171 Å². The lowest BCUT2D eigenvalue weighted by Crippen LogP contribution is -2.64. The predicted octanol–water partition coefficient (Wildman–Crippen LogP) is 0.616. The van der Waals surface area contributed by atoms with Crippen molar-refractivity contribution in [3.05, 3.63) is 108 Å². The number of aliphatic hydroxyl groups excluding tert-OH is 7. The highest BCUT2D eigenvalue weighted by Crippen LogP contribution is 2.30. The van der Waals surface area contributed by atoms with Crippen LogP contribution in [0.5, 0.6) is 11.5 Å². The van der Waals surface area contributed by atoms with Crippen LogP contribution in [0.15, 0.2) is 97.1 Å². The number of fused-ring (bicyclic) bond motifs is 2. The molecule has 4 aromatic rings. The molecule has 15 atom stereocenters. The predicted molar refractivity (Wildman–Crippen MR) is 325 cm³/mol. The second-order valence-corrected chi connectivity index (χ2v) is 23.3. The molecule has 0 unspecified atom stereocenters. The van der Waals surface area contributed by atoms with Crippen molar-refractivity contribution in [3.63, 3.8) is 0 Å². The Hall–Kier alpha value is -7.59. The molecular weight excluding hydrogens is 1150 g/mol. The number of hydrogen-bond acceptors (Lipinski definition) is 18. The number of nitrogens with one attached hydrogen (secondary N) is 5. The highest BCUT2D eigenvalue weighted by atomic mass is 16.5. The maximum Gasteiger partial charge on any atom is 0.251 e. The molecule has 0 saturated carbocycles. The molecule has 89 heavy (non-hydrogen) atoms. The standard InChI is InChI=1S/C64H86N8O17/c1-5-6-10-29-88-46-26-22-41(23-27-46)39-14-12-38(13-15-39)40-16-18-43(19-17-40)57(81)66-47-32-49(77)62(89-30-11-8-7-9-28-65)70-61(85)53-54(78)35(2)33-72(53)64(87)51(37(4)74)68-60(84)52(56(80)55(79)42-20-24-44(75)25-21-42)69-59(83)48-31-45(76)34-71(48)63(86)50(36(3)73)67-58(47)82/h12-27,35-37,45,47-56,62,73-80H,5-11,28-34,65H2,1-4H3,(H,66,81)(H,67,82)(H,68,84)(H,69,83)(H,70,85)/t35-,36+,37+,45+,47+,48-,49+,50-,51-,52-,53-,54-,55-,56-,62+/m0/s1. The fraction of sp³-hybridized carbons (Fsp3) is 0.516. The van der Waals surface area contributed by atoms with Gasteiger partial charge in [-0.25, -0.2) is 0 Å². The Kier molecular flexibility index (Phi) is 25.0. The van der Waals surface area contributed by atoms with Gasteiger partial charge in [0.15, 0.2) is 6.23 Å². The minimum absolute atomic E-state index is 0.0465. The third-order valence-electron chi connectivity index (χ3n) is 16.4. The van der Waals surface area contributed by atoms with Crippen LogP contribution in [0.3, 0.4) is 0 Å². The molecule has 4 aromatic carbocycles. The average molecular weight is 1240 g/mol. The topological polar surface area (TPSA) is 392 Å². The molecule has 484 valence electrons. The van der Waals surface area contributed by atoms with Gasteiger partial charge < -0.3 is 92.4 Å². The van der Waals surface area contributed by atoms with Crippen LogP contribution in [-0.4, -0.2) is 204 Å². The number of nitrogens with two attached hydrogens (primary N) is 1. The fourth-order valence-electron chi connectivity index (χ4n) is 11.2. The minimum atomic E-state index is -2.29. The number of hydrogen-bond donors (Lipinski definition) is 14. The second-order valence-electron chi connectivity index (χ2n) is 23.3. The molecule has 25 heteroatoms. The Bertz CT molecular complexity index is 3010. The Balaban J connectivity index is 1.23. The SMILES string of the molecule is CCCCCOc1ccc(-c2ccc(-c3ccc(C(=O)N[C@@H]4C[C@@H](O)[C@@H](OCCCCCCN)NC(=O)[C@@H]5[C@@H](O)[C@@H](C)CN5C(=O)[C@H]([C@@H](C)O)NC(=O)[C@H]([C@H](O)[C@@H](O)c5ccc(O)cc5)NC(=O)[C@@H]5C[C@@H](O)CN5C(=O)[C@H]([C@@H](C)O)NC4=O)cc3)cc2)cc1. The molecule has 7 rings (SSSR count). The van der Waals surface area contributed by atoms with E-state index in [9.17, 15) is 74.4 Å². The Morgan fingerprint density at radius 3 is 1.75 bits per heavy atom. The summed E-state index contributed by atoms with van der Waals surface area (Å²) in [4.78, 5) is 104. The first-order valence-corrected chi connectivity index (χ1v) is 30.5. The van der Waals surface area contributed by atoms with Gasteiger partial charge in [-0.05, 0) is 104 Å². The number of aromatic hydroxyl groups is 1. The molecule has 3 saturated heterocycles. The van der Waals surface area contributed by atoms with Gasteiger partial charge in [0, 0.05) is 44.0 Å². The van der Waals surface area contributed by atoms with E-state index in [2.05, 4.69) is 33.5 Å². The van der Waals surface area contributed by atoms with Gasteiger partial charge >= 0.3 is 0 Å². The van der Waals surface area contributed by atoms with E-state index < -0.39 is 152 Å². The molecule has 3 aliphatic rings. The van der Waals surface area contributed by atoms with Gasteiger partial charge in [-0.15, -0.1) is 0 Å². The molecule has 3 aliphatic heterocycles. The van der Waals surface area contributed by atoms with Gasteiger partial charge in [0.25, 0.3) is 5.91 Å². The Morgan fingerprint density at radius 1 is 0.629 bits per heavy atom. The van der Waals surface area contributed by atoms with E-state index in [1.54, 1.807) is 12.1 Å². The molecule has 0 aliphatic carbocycles. The molecule has 0 aromatic heterocycles. The maximum absolute atomic E-state index is 14.8. The number of rotatable bonds is 21. The summed E-state index contributed by atoms with van der Waals surface area (Å²) in [5.74, 6) is -8.24. The number of nitrogens with zero attached hydrogens (tertiary/aromatic N) is 2. The molecule has 0 spiro atoms. The Labute approximate surface area is 517 Å². The van der Waals surface area contributed by atoms with E-state index in [0.29, 0.717) is 38.8 Å². The average Bonchev–Trinajstić information content (AvgIpc) is 1.91.